The second-order valence-corrected chi connectivity index (χ2v) is 7.37. The lowest BCUT2D eigenvalue weighted by Crippen LogP contribution is -2.29. The zero-order valence-electron chi connectivity index (χ0n) is 11.0. The minimum absolute atomic E-state index is 0.0201. The molecule has 3 aromatic rings. The standard InChI is InChI=1S/C15H15BrN2OS/c1-9-2-4-13-10(6-9)7-14(19-13)12(18-17)8-11-3-5-15(16)20-11/h2-7,12,18H,8,17H2,1H3. The monoisotopic (exact) mass is 350 g/mol. The molecule has 3 nitrogen and oxygen atoms in total. The van der Waals surface area contributed by atoms with Crippen LogP contribution in [0.3, 0.4) is 0 Å². The van der Waals surface area contributed by atoms with Gasteiger partial charge in [0.25, 0.3) is 0 Å². The Labute approximate surface area is 129 Å². The summed E-state index contributed by atoms with van der Waals surface area (Å²) in [4.78, 5) is 1.26. The molecule has 20 heavy (non-hydrogen) atoms. The van der Waals surface area contributed by atoms with E-state index in [0.717, 1.165) is 26.9 Å². The summed E-state index contributed by atoms with van der Waals surface area (Å²) in [5.74, 6) is 6.57. The van der Waals surface area contributed by atoms with Gasteiger partial charge in [-0.25, -0.2) is 5.43 Å². The molecule has 0 bridgehead atoms. The quantitative estimate of drug-likeness (QED) is 0.544. The number of nitrogens with two attached hydrogens (primary N) is 1. The lowest BCUT2D eigenvalue weighted by molar-refractivity contribution is 0.436. The molecular formula is C15H15BrN2OS. The van der Waals surface area contributed by atoms with Crippen molar-refractivity contribution < 1.29 is 4.42 Å². The molecule has 2 heterocycles. The highest BCUT2D eigenvalue weighted by Gasteiger charge is 2.16. The van der Waals surface area contributed by atoms with E-state index in [0.29, 0.717) is 0 Å². The van der Waals surface area contributed by atoms with Crippen molar-refractivity contribution in [1.29, 1.82) is 0 Å². The van der Waals surface area contributed by atoms with Gasteiger partial charge in [-0.1, -0.05) is 11.6 Å². The van der Waals surface area contributed by atoms with Gasteiger partial charge in [0, 0.05) is 16.7 Å². The average molecular weight is 351 g/mol. The molecule has 5 heteroatoms. The molecule has 1 aromatic carbocycles. The molecule has 3 rings (SSSR count). The molecule has 0 radical (unpaired) electrons. The first-order valence-corrected chi connectivity index (χ1v) is 7.97. The summed E-state index contributed by atoms with van der Waals surface area (Å²) in [5, 5.41) is 1.12. The van der Waals surface area contributed by atoms with Gasteiger partial charge in [-0.2, -0.15) is 0 Å². The molecule has 0 aliphatic heterocycles. The first-order valence-electron chi connectivity index (χ1n) is 6.36. The van der Waals surface area contributed by atoms with Gasteiger partial charge in [-0.05, 0) is 53.2 Å². The van der Waals surface area contributed by atoms with Crippen molar-refractivity contribution >= 4 is 38.2 Å². The number of halogens is 1. The van der Waals surface area contributed by atoms with Crippen LogP contribution >= 0.6 is 27.3 Å². The average Bonchev–Trinajstić information content (AvgIpc) is 3.01. The zero-order chi connectivity index (χ0) is 14.1. The van der Waals surface area contributed by atoms with Gasteiger partial charge in [0.15, 0.2) is 0 Å². The zero-order valence-corrected chi connectivity index (χ0v) is 13.4. The largest absolute Gasteiger partial charge is 0.459 e. The van der Waals surface area contributed by atoms with E-state index < -0.39 is 0 Å². The predicted octanol–water partition coefficient (Wildman–Crippen LogP) is 4.31. The Balaban J connectivity index is 1.90. The third kappa shape index (κ3) is 2.81. The Kier molecular flexibility index (Phi) is 3.94. The summed E-state index contributed by atoms with van der Waals surface area (Å²) >= 11 is 5.19. The van der Waals surface area contributed by atoms with Crippen LogP contribution in [0.15, 0.2) is 44.6 Å². The lowest BCUT2D eigenvalue weighted by atomic mass is 10.1. The Morgan fingerprint density at radius 2 is 2.15 bits per heavy atom. The fourth-order valence-corrected chi connectivity index (χ4v) is 3.79. The third-order valence-corrected chi connectivity index (χ3v) is 4.92. The summed E-state index contributed by atoms with van der Waals surface area (Å²) in [7, 11) is 0. The second kappa shape index (κ2) is 5.69. The third-order valence-electron chi connectivity index (χ3n) is 3.27. The SMILES string of the molecule is Cc1ccc2oc(C(Cc3ccc(Br)s3)NN)cc2c1. The van der Waals surface area contributed by atoms with Crippen LogP contribution in [0.25, 0.3) is 11.0 Å². The summed E-state index contributed by atoms with van der Waals surface area (Å²) in [6, 6.07) is 12.4. The van der Waals surface area contributed by atoms with Crippen LogP contribution < -0.4 is 11.3 Å². The molecule has 0 fully saturated rings. The number of rotatable bonds is 4. The molecule has 0 spiro atoms. The van der Waals surface area contributed by atoms with Gasteiger partial charge in [0.05, 0.1) is 9.83 Å². The van der Waals surface area contributed by atoms with Crippen LogP contribution in [0.5, 0.6) is 0 Å². The van der Waals surface area contributed by atoms with Crippen molar-refractivity contribution in [3.05, 3.63) is 56.4 Å². The van der Waals surface area contributed by atoms with Crippen LogP contribution in [0.4, 0.5) is 0 Å². The first kappa shape index (κ1) is 13.8. The van der Waals surface area contributed by atoms with Gasteiger partial charge in [0.1, 0.15) is 11.3 Å². The summed E-state index contributed by atoms with van der Waals surface area (Å²) in [6.07, 6.45) is 0.811. The molecule has 1 unspecified atom stereocenters. The van der Waals surface area contributed by atoms with E-state index in [2.05, 4.69) is 58.6 Å². The van der Waals surface area contributed by atoms with Crippen molar-refractivity contribution in [2.75, 3.05) is 0 Å². The minimum atomic E-state index is -0.0201. The number of hydrazine groups is 1. The summed E-state index contributed by atoms with van der Waals surface area (Å²) < 4.78 is 7.03. The van der Waals surface area contributed by atoms with Crippen LogP contribution in [-0.4, -0.2) is 0 Å². The smallest absolute Gasteiger partial charge is 0.134 e. The normalized spacial score (nSPS) is 12.9. The first-order chi connectivity index (χ1) is 9.65. The van der Waals surface area contributed by atoms with Crippen molar-refractivity contribution in [3.8, 4) is 0 Å². The summed E-state index contributed by atoms with van der Waals surface area (Å²) in [6.45, 7) is 2.08. The number of thiophene rings is 1. The van der Waals surface area contributed by atoms with E-state index in [4.69, 9.17) is 10.3 Å². The Morgan fingerprint density at radius 3 is 2.85 bits per heavy atom. The molecule has 0 amide bonds. The highest BCUT2D eigenvalue weighted by molar-refractivity contribution is 9.11. The van der Waals surface area contributed by atoms with E-state index in [9.17, 15) is 0 Å². The van der Waals surface area contributed by atoms with Gasteiger partial charge in [-0.3, -0.25) is 5.84 Å². The molecule has 1 atom stereocenters. The molecule has 0 saturated carbocycles. The topological polar surface area (TPSA) is 51.2 Å². The molecular weight excluding hydrogens is 336 g/mol. The lowest BCUT2D eigenvalue weighted by Gasteiger charge is -2.11. The van der Waals surface area contributed by atoms with E-state index in [-0.39, 0.29) is 6.04 Å². The van der Waals surface area contributed by atoms with Crippen molar-refractivity contribution in [2.24, 2.45) is 5.84 Å². The van der Waals surface area contributed by atoms with Crippen LogP contribution in [0.2, 0.25) is 0 Å². The predicted molar refractivity (Wildman–Crippen MR) is 86.7 cm³/mol. The number of fused-ring (bicyclic) bond motifs is 1. The number of benzene rings is 1. The van der Waals surface area contributed by atoms with Gasteiger partial charge >= 0.3 is 0 Å². The fourth-order valence-electron chi connectivity index (χ4n) is 2.26. The molecule has 3 N–H and O–H groups in total. The summed E-state index contributed by atoms with van der Waals surface area (Å²) in [5.41, 5.74) is 4.98. The second-order valence-electron chi connectivity index (χ2n) is 4.82. The Bertz CT molecular complexity index is 734. The number of hydrogen-bond donors (Lipinski definition) is 2. The van der Waals surface area contributed by atoms with E-state index in [1.54, 1.807) is 11.3 Å². The van der Waals surface area contributed by atoms with Crippen LogP contribution in [0.1, 0.15) is 22.2 Å². The van der Waals surface area contributed by atoms with Crippen LogP contribution in [0, 0.1) is 6.92 Å². The van der Waals surface area contributed by atoms with E-state index >= 15 is 0 Å². The van der Waals surface area contributed by atoms with Crippen molar-refractivity contribution in [1.82, 2.24) is 5.43 Å². The van der Waals surface area contributed by atoms with E-state index in [1.165, 1.54) is 10.4 Å². The van der Waals surface area contributed by atoms with Gasteiger partial charge in [-0.15, -0.1) is 11.3 Å². The molecule has 0 saturated heterocycles. The Morgan fingerprint density at radius 1 is 1.30 bits per heavy atom. The number of hydrogen-bond acceptors (Lipinski definition) is 4. The van der Waals surface area contributed by atoms with E-state index in [1.807, 2.05) is 6.07 Å². The molecule has 104 valence electrons. The van der Waals surface area contributed by atoms with Crippen LogP contribution in [-0.2, 0) is 6.42 Å². The van der Waals surface area contributed by atoms with Crippen molar-refractivity contribution in [3.63, 3.8) is 0 Å². The maximum absolute atomic E-state index is 5.91. The number of furan rings is 1. The van der Waals surface area contributed by atoms with Crippen molar-refractivity contribution in [2.45, 2.75) is 19.4 Å². The molecule has 0 aliphatic rings. The number of aryl methyl sites for hydroxylation is 1. The maximum atomic E-state index is 5.91. The molecule has 0 aliphatic carbocycles. The number of nitrogens with one attached hydrogen (secondary N) is 1. The molecule has 2 aromatic heterocycles. The van der Waals surface area contributed by atoms with Gasteiger partial charge in [0.2, 0.25) is 0 Å². The minimum Gasteiger partial charge on any atom is -0.459 e. The maximum Gasteiger partial charge on any atom is 0.134 e. The highest BCUT2D eigenvalue weighted by Crippen LogP contribution is 2.29. The highest BCUT2D eigenvalue weighted by atomic mass is 79.9. The van der Waals surface area contributed by atoms with Gasteiger partial charge < -0.3 is 4.42 Å². The fraction of sp³-hybridized carbons (Fsp3) is 0.200. The Hall–Kier alpha value is -1.14.